The Hall–Kier alpha value is -1.26. The molecule has 1 unspecified atom stereocenters. The third-order valence-electron chi connectivity index (χ3n) is 2.61. The number of hydrogen-bond acceptors (Lipinski definition) is 4. The van der Waals surface area contributed by atoms with E-state index in [-0.39, 0.29) is 0 Å². The summed E-state index contributed by atoms with van der Waals surface area (Å²) in [4.78, 5) is 11.3. The zero-order chi connectivity index (χ0) is 13.2. The minimum atomic E-state index is -1.40. The van der Waals surface area contributed by atoms with Gasteiger partial charge in [0.1, 0.15) is 5.75 Å². The molecule has 0 amide bonds. The van der Waals surface area contributed by atoms with E-state index in [2.05, 4.69) is 4.74 Å². The molecule has 1 rings (SSSR count). The summed E-state index contributed by atoms with van der Waals surface area (Å²) in [5.41, 5.74) is 1.80. The van der Waals surface area contributed by atoms with E-state index >= 15 is 0 Å². The molecule has 0 aliphatic carbocycles. The van der Waals surface area contributed by atoms with Gasteiger partial charge in [-0.15, -0.1) is 0 Å². The second-order valence-corrected chi connectivity index (χ2v) is 4.08. The fourth-order valence-electron chi connectivity index (χ4n) is 1.81. The summed E-state index contributed by atoms with van der Waals surface area (Å²) in [6, 6.07) is 1.65. The van der Waals surface area contributed by atoms with Crippen LogP contribution in [0.2, 0.25) is 5.02 Å². The molecule has 0 fully saturated rings. The molecule has 1 atom stereocenters. The predicted molar refractivity (Wildman–Crippen MR) is 64.5 cm³/mol. The van der Waals surface area contributed by atoms with Gasteiger partial charge >= 0.3 is 5.97 Å². The minimum Gasteiger partial charge on any atom is -0.496 e. The highest BCUT2D eigenvalue weighted by molar-refractivity contribution is 6.31. The summed E-state index contributed by atoms with van der Waals surface area (Å²) in [5, 5.41) is 10.2. The summed E-state index contributed by atoms with van der Waals surface area (Å²) in [6.45, 7) is 3.57. The first-order valence-corrected chi connectivity index (χ1v) is 5.41. The second-order valence-electron chi connectivity index (χ2n) is 3.67. The lowest BCUT2D eigenvalue weighted by Gasteiger charge is -2.17. The van der Waals surface area contributed by atoms with Crippen molar-refractivity contribution in [1.29, 1.82) is 0 Å². The molecule has 5 heteroatoms. The molecule has 0 bridgehead atoms. The van der Waals surface area contributed by atoms with Crippen molar-refractivity contribution in [2.45, 2.75) is 20.0 Å². The molecule has 94 valence electrons. The van der Waals surface area contributed by atoms with Crippen LogP contribution in [0.25, 0.3) is 0 Å². The average Bonchev–Trinajstić information content (AvgIpc) is 2.27. The second kappa shape index (κ2) is 5.38. The molecule has 4 nitrogen and oxygen atoms in total. The Balaban J connectivity index is 3.38. The van der Waals surface area contributed by atoms with Crippen molar-refractivity contribution >= 4 is 17.6 Å². The van der Waals surface area contributed by atoms with Gasteiger partial charge in [-0.3, -0.25) is 0 Å². The van der Waals surface area contributed by atoms with E-state index in [4.69, 9.17) is 16.3 Å². The molecule has 0 saturated carbocycles. The van der Waals surface area contributed by atoms with Crippen LogP contribution in [-0.2, 0) is 9.53 Å². The molecule has 1 aromatic rings. The Kier molecular flexibility index (Phi) is 4.37. The van der Waals surface area contributed by atoms with Crippen LogP contribution in [-0.4, -0.2) is 25.3 Å². The van der Waals surface area contributed by atoms with Crippen LogP contribution < -0.4 is 4.74 Å². The molecule has 0 radical (unpaired) electrons. The summed E-state index contributed by atoms with van der Waals surface area (Å²) in [5.74, 6) is -0.145. The maximum absolute atomic E-state index is 11.3. The molecule has 17 heavy (non-hydrogen) atoms. The van der Waals surface area contributed by atoms with Crippen LogP contribution in [0, 0.1) is 13.8 Å². The van der Waals surface area contributed by atoms with Crippen molar-refractivity contribution < 1.29 is 19.4 Å². The summed E-state index contributed by atoms with van der Waals surface area (Å²) >= 11 is 6.04. The van der Waals surface area contributed by atoms with E-state index in [9.17, 15) is 9.90 Å². The average molecular weight is 259 g/mol. The van der Waals surface area contributed by atoms with Gasteiger partial charge in [0.15, 0.2) is 6.10 Å². The Bertz CT molecular complexity index is 443. The number of methoxy groups -OCH3 is 2. The number of carbonyl (C=O) groups excluding carboxylic acids is 1. The maximum atomic E-state index is 11.3. The van der Waals surface area contributed by atoms with E-state index in [0.717, 1.165) is 5.56 Å². The lowest BCUT2D eigenvalue weighted by atomic mass is 9.99. The number of hydrogen-bond donors (Lipinski definition) is 1. The number of rotatable bonds is 3. The molecular formula is C12H15ClO4. The van der Waals surface area contributed by atoms with Gasteiger partial charge in [-0.2, -0.15) is 0 Å². The van der Waals surface area contributed by atoms with E-state index in [0.29, 0.717) is 21.9 Å². The zero-order valence-corrected chi connectivity index (χ0v) is 11.0. The number of aliphatic hydroxyl groups excluding tert-OH is 1. The molecule has 1 N–H and O–H groups in total. The van der Waals surface area contributed by atoms with Gasteiger partial charge in [-0.05, 0) is 31.0 Å². The summed E-state index contributed by atoms with van der Waals surface area (Å²) in [6.07, 6.45) is -1.40. The topological polar surface area (TPSA) is 55.8 Å². The molecule has 0 aliphatic heterocycles. The standard InChI is InChI=1S/C12H15ClO4/c1-6-5-8(13)9(7(2)11(6)16-3)10(14)12(15)17-4/h5,10,14H,1-4H3. The summed E-state index contributed by atoms with van der Waals surface area (Å²) in [7, 11) is 2.73. The fourth-order valence-corrected chi connectivity index (χ4v) is 2.22. The molecule has 0 aliphatic rings. The maximum Gasteiger partial charge on any atom is 0.339 e. The van der Waals surface area contributed by atoms with Gasteiger partial charge in [0.2, 0.25) is 0 Å². The number of esters is 1. The predicted octanol–water partition coefficient (Wildman–Crippen LogP) is 2.17. The quantitative estimate of drug-likeness (QED) is 0.845. The molecule has 0 saturated heterocycles. The van der Waals surface area contributed by atoms with Gasteiger partial charge in [0.25, 0.3) is 0 Å². The Labute approximate surface area is 105 Å². The van der Waals surface area contributed by atoms with E-state index in [1.54, 1.807) is 13.0 Å². The first kappa shape index (κ1) is 13.8. The van der Waals surface area contributed by atoms with Gasteiger partial charge < -0.3 is 14.6 Å². The Morgan fingerprint density at radius 3 is 2.47 bits per heavy atom. The SMILES string of the molecule is COC(=O)C(O)c1c(Cl)cc(C)c(OC)c1C. The monoisotopic (exact) mass is 258 g/mol. The molecule has 1 aromatic carbocycles. The fraction of sp³-hybridized carbons (Fsp3) is 0.417. The van der Waals surface area contributed by atoms with Crippen molar-refractivity contribution in [1.82, 2.24) is 0 Å². The van der Waals surface area contributed by atoms with Crippen molar-refractivity contribution in [3.63, 3.8) is 0 Å². The zero-order valence-electron chi connectivity index (χ0n) is 10.2. The molecular weight excluding hydrogens is 244 g/mol. The number of ether oxygens (including phenoxy) is 2. The number of aliphatic hydroxyl groups is 1. The molecule has 0 aromatic heterocycles. The van der Waals surface area contributed by atoms with Crippen molar-refractivity contribution in [2.75, 3.05) is 14.2 Å². The van der Waals surface area contributed by atoms with E-state index < -0.39 is 12.1 Å². The first-order valence-electron chi connectivity index (χ1n) is 5.03. The van der Waals surface area contributed by atoms with Gasteiger partial charge in [0, 0.05) is 10.6 Å². The highest BCUT2D eigenvalue weighted by Gasteiger charge is 2.25. The van der Waals surface area contributed by atoms with Crippen molar-refractivity contribution in [3.05, 3.63) is 27.8 Å². The van der Waals surface area contributed by atoms with Crippen LogP contribution in [0.15, 0.2) is 6.07 Å². The van der Waals surface area contributed by atoms with Gasteiger partial charge in [0.05, 0.1) is 14.2 Å². The largest absolute Gasteiger partial charge is 0.496 e. The number of carbonyl (C=O) groups is 1. The Morgan fingerprint density at radius 2 is 2.00 bits per heavy atom. The highest BCUT2D eigenvalue weighted by atomic mass is 35.5. The first-order chi connectivity index (χ1) is 7.93. The van der Waals surface area contributed by atoms with E-state index in [1.807, 2.05) is 6.92 Å². The lowest BCUT2D eigenvalue weighted by Crippen LogP contribution is -2.15. The van der Waals surface area contributed by atoms with Crippen molar-refractivity contribution in [3.8, 4) is 5.75 Å². The van der Waals surface area contributed by atoms with Crippen LogP contribution in [0.5, 0.6) is 5.75 Å². The van der Waals surface area contributed by atoms with Crippen LogP contribution >= 0.6 is 11.6 Å². The molecule has 0 spiro atoms. The van der Waals surface area contributed by atoms with Crippen LogP contribution in [0.4, 0.5) is 0 Å². The van der Waals surface area contributed by atoms with Crippen LogP contribution in [0.3, 0.4) is 0 Å². The smallest absolute Gasteiger partial charge is 0.339 e. The van der Waals surface area contributed by atoms with Crippen molar-refractivity contribution in [2.24, 2.45) is 0 Å². The third-order valence-corrected chi connectivity index (χ3v) is 2.92. The molecule has 0 heterocycles. The van der Waals surface area contributed by atoms with Gasteiger partial charge in [-0.1, -0.05) is 11.6 Å². The number of halogens is 1. The summed E-state index contributed by atoms with van der Waals surface area (Å²) < 4.78 is 9.70. The normalized spacial score (nSPS) is 12.1. The van der Waals surface area contributed by atoms with Gasteiger partial charge in [-0.25, -0.2) is 4.79 Å². The van der Waals surface area contributed by atoms with Crippen LogP contribution in [0.1, 0.15) is 22.8 Å². The number of aryl methyl sites for hydroxylation is 1. The Morgan fingerprint density at radius 1 is 1.41 bits per heavy atom. The third kappa shape index (κ3) is 2.53. The lowest BCUT2D eigenvalue weighted by molar-refractivity contribution is -0.150. The highest BCUT2D eigenvalue weighted by Crippen LogP contribution is 2.35. The van der Waals surface area contributed by atoms with E-state index in [1.165, 1.54) is 14.2 Å². The minimum absolute atomic E-state index is 0.318. The number of benzene rings is 1.